The Morgan fingerprint density at radius 2 is 1.59 bits per heavy atom. The van der Waals surface area contributed by atoms with Crippen molar-refractivity contribution in [2.45, 2.75) is 31.8 Å². The lowest BCUT2D eigenvalue weighted by molar-refractivity contribution is 0.230. The van der Waals surface area contributed by atoms with Crippen molar-refractivity contribution in [1.82, 2.24) is 0 Å². The van der Waals surface area contributed by atoms with E-state index in [1.165, 1.54) is 0 Å². The predicted octanol–water partition coefficient (Wildman–Crippen LogP) is 3.56. The van der Waals surface area contributed by atoms with Crippen LogP contribution in [-0.4, -0.2) is 20.4 Å². The van der Waals surface area contributed by atoms with Gasteiger partial charge in [0.2, 0.25) is 5.90 Å². The van der Waals surface area contributed by atoms with Gasteiger partial charge in [-0.1, -0.05) is 35.9 Å². The number of benzene rings is 2. The van der Waals surface area contributed by atoms with Gasteiger partial charge < -0.3 is 4.74 Å². The van der Waals surface area contributed by atoms with Crippen LogP contribution in [0.2, 0.25) is 0 Å². The minimum absolute atomic E-state index is 0.108. The van der Waals surface area contributed by atoms with Crippen LogP contribution in [0.15, 0.2) is 63.9 Å². The molecule has 0 fully saturated rings. The first-order valence-corrected chi connectivity index (χ1v) is 8.46. The van der Waals surface area contributed by atoms with E-state index < -0.39 is 10.0 Å². The molecule has 0 atom stereocenters. The number of ether oxygens (including phenoxy) is 1. The predicted molar refractivity (Wildman–Crippen MR) is 87.6 cm³/mol. The minimum atomic E-state index is -3.81. The summed E-state index contributed by atoms with van der Waals surface area (Å²) in [6.07, 6.45) is -0.174. The zero-order valence-electron chi connectivity index (χ0n) is 12.9. The molecular formula is C17H19NO3S. The molecular weight excluding hydrogens is 298 g/mol. The summed E-state index contributed by atoms with van der Waals surface area (Å²) in [6.45, 7) is 5.56. The fourth-order valence-corrected chi connectivity index (χ4v) is 2.77. The van der Waals surface area contributed by atoms with Crippen LogP contribution < -0.4 is 0 Å². The Labute approximate surface area is 131 Å². The molecule has 2 aromatic rings. The molecule has 4 nitrogen and oxygen atoms in total. The molecule has 0 radical (unpaired) electrons. The lowest BCUT2D eigenvalue weighted by Crippen LogP contribution is -2.15. The van der Waals surface area contributed by atoms with Gasteiger partial charge in [-0.3, -0.25) is 0 Å². The zero-order chi connectivity index (χ0) is 16.2. The summed E-state index contributed by atoms with van der Waals surface area (Å²) in [5.41, 5.74) is 1.62. The van der Waals surface area contributed by atoms with E-state index in [0.29, 0.717) is 5.56 Å². The molecule has 0 saturated carbocycles. The molecule has 0 aromatic heterocycles. The number of nitrogens with zero attached hydrogens (tertiary/aromatic N) is 1. The summed E-state index contributed by atoms with van der Waals surface area (Å²) >= 11 is 0. The highest BCUT2D eigenvalue weighted by atomic mass is 32.2. The first-order valence-electron chi connectivity index (χ1n) is 7.02. The third-order valence-electron chi connectivity index (χ3n) is 2.89. The highest BCUT2D eigenvalue weighted by Gasteiger charge is 2.17. The highest BCUT2D eigenvalue weighted by Crippen LogP contribution is 2.16. The van der Waals surface area contributed by atoms with Gasteiger partial charge in [0.25, 0.3) is 10.0 Å². The summed E-state index contributed by atoms with van der Waals surface area (Å²) in [6, 6.07) is 15.6. The summed E-state index contributed by atoms with van der Waals surface area (Å²) in [4.78, 5) is 0.152. The average Bonchev–Trinajstić information content (AvgIpc) is 2.47. The van der Waals surface area contributed by atoms with Gasteiger partial charge in [0.15, 0.2) is 0 Å². The van der Waals surface area contributed by atoms with Crippen molar-refractivity contribution >= 4 is 15.9 Å². The van der Waals surface area contributed by atoms with Crippen molar-refractivity contribution in [2.75, 3.05) is 0 Å². The van der Waals surface area contributed by atoms with Crippen LogP contribution in [-0.2, 0) is 14.8 Å². The van der Waals surface area contributed by atoms with E-state index >= 15 is 0 Å². The average molecular weight is 317 g/mol. The van der Waals surface area contributed by atoms with E-state index in [1.54, 1.807) is 36.4 Å². The van der Waals surface area contributed by atoms with Crippen LogP contribution in [0, 0.1) is 6.92 Å². The molecule has 5 heteroatoms. The maximum absolute atomic E-state index is 12.4. The van der Waals surface area contributed by atoms with E-state index in [4.69, 9.17) is 4.74 Å². The van der Waals surface area contributed by atoms with Crippen LogP contribution in [0.4, 0.5) is 0 Å². The van der Waals surface area contributed by atoms with Crippen LogP contribution >= 0.6 is 0 Å². The summed E-state index contributed by atoms with van der Waals surface area (Å²) < 4.78 is 34.4. The molecule has 2 rings (SSSR count). The number of rotatable bonds is 4. The zero-order valence-corrected chi connectivity index (χ0v) is 13.7. The third-order valence-corrected chi connectivity index (χ3v) is 4.16. The van der Waals surface area contributed by atoms with Crippen molar-refractivity contribution in [2.24, 2.45) is 4.40 Å². The van der Waals surface area contributed by atoms with Crippen LogP contribution in [0.1, 0.15) is 25.0 Å². The van der Waals surface area contributed by atoms with E-state index in [2.05, 4.69) is 4.40 Å². The summed E-state index contributed by atoms with van der Waals surface area (Å²) in [5, 5.41) is 0. The van der Waals surface area contributed by atoms with Gasteiger partial charge in [0.1, 0.15) is 0 Å². The lowest BCUT2D eigenvalue weighted by Gasteiger charge is -2.12. The van der Waals surface area contributed by atoms with E-state index in [1.807, 2.05) is 39.0 Å². The van der Waals surface area contributed by atoms with Crippen LogP contribution in [0.5, 0.6) is 0 Å². The fourth-order valence-electron chi connectivity index (χ4n) is 1.82. The highest BCUT2D eigenvalue weighted by molar-refractivity contribution is 7.90. The Balaban J connectivity index is 2.46. The van der Waals surface area contributed by atoms with Crippen molar-refractivity contribution in [3.05, 3.63) is 65.7 Å². The number of aryl methyl sites for hydroxylation is 1. The smallest absolute Gasteiger partial charge is 0.285 e. The van der Waals surface area contributed by atoms with Crippen molar-refractivity contribution < 1.29 is 13.2 Å². The minimum Gasteiger partial charge on any atom is -0.474 e. The second-order valence-corrected chi connectivity index (χ2v) is 6.82. The Kier molecular flexibility index (Phi) is 4.98. The monoisotopic (exact) mass is 317 g/mol. The maximum atomic E-state index is 12.4. The van der Waals surface area contributed by atoms with Gasteiger partial charge >= 0.3 is 0 Å². The summed E-state index contributed by atoms with van der Waals surface area (Å²) in [7, 11) is -3.81. The standard InChI is InChI=1S/C17H19NO3S/c1-13(2)21-17(15-7-5-4-6-8-15)18-22(19,20)16-11-9-14(3)10-12-16/h4-13H,1-3H3. The van der Waals surface area contributed by atoms with Gasteiger partial charge in [0.05, 0.1) is 11.0 Å². The lowest BCUT2D eigenvalue weighted by atomic mass is 10.2. The normalized spacial score (nSPS) is 12.5. The van der Waals surface area contributed by atoms with Gasteiger partial charge in [-0.15, -0.1) is 4.40 Å². The molecule has 0 amide bonds. The van der Waals surface area contributed by atoms with Gasteiger partial charge in [-0.25, -0.2) is 0 Å². The molecule has 0 aliphatic carbocycles. The molecule has 116 valence electrons. The Morgan fingerprint density at radius 1 is 1.00 bits per heavy atom. The van der Waals surface area contributed by atoms with Crippen LogP contribution in [0.3, 0.4) is 0 Å². The number of hydrogen-bond acceptors (Lipinski definition) is 3. The van der Waals surface area contributed by atoms with Gasteiger partial charge in [0, 0.05) is 5.56 Å². The number of hydrogen-bond donors (Lipinski definition) is 0. The molecule has 0 N–H and O–H groups in total. The summed E-state index contributed by atoms with van der Waals surface area (Å²) in [5.74, 6) is 0.108. The second kappa shape index (κ2) is 6.75. The van der Waals surface area contributed by atoms with Gasteiger partial charge in [-0.2, -0.15) is 8.42 Å². The van der Waals surface area contributed by atoms with Crippen molar-refractivity contribution in [3.8, 4) is 0 Å². The first-order chi connectivity index (χ1) is 10.4. The Bertz CT molecular complexity index is 748. The Morgan fingerprint density at radius 3 is 2.14 bits per heavy atom. The SMILES string of the molecule is Cc1ccc(S(=O)(=O)N=C(OC(C)C)c2ccccc2)cc1. The largest absolute Gasteiger partial charge is 0.474 e. The van der Waals surface area contributed by atoms with Gasteiger partial charge in [-0.05, 0) is 45.0 Å². The molecule has 0 heterocycles. The molecule has 0 unspecified atom stereocenters. The van der Waals surface area contributed by atoms with E-state index in [-0.39, 0.29) is 16.9 Å². The van der Waals surface area contributed by atoms with Crippen LogP contribution in [0.25, 0.3) is 0 Å². The number of sulfonamides is 1. The van der Waals surface area contributed by atoms with E-state index in [0.717, 1.165) is 5.56 Å². The molecule has 2 aromatic carbocycles. The molecule has 0 bridgehead atoms. The molecule has 0 aliphatic rings. The van der Waals surface area contributed by atoms with Crippen molar-refractivity contribution in [1.29, 1.82) is 0 Å². The molecule has 0 spiro atoms. The third kappa shape index (κ3) is 4.18. The molecule has 0 saturated heterocycles. The second-order valence-electron chi connectivity index (χ2n) is 5.22. The topological polar surface area (TPSA) is 55.7 Å². The quantitative estimate of drug-likeness (QED) is 0.640. The molecule has 22 heavy (non-hydrogen) atoms. The Hall–Kier alpha value is -2.14. The fraction of sp³-hybridized carbons (Fsp3) is 0.235. The first kappa shape index (κ1) is 16.2. The maximum Gasteiger partial charge on any atom is 0.285 e. The van der Waals surface area contributed by atoms with Crippen molar-refractivity contribution in [3.63, 3.8) is 0 Å². The van der Waals surface area contributed by atoms with E-state index in [9.17, 15) is 8.42 Å². The molecule has 0 aliphatic heterocycles.